The fourth-order valence-corrected chi connectivity index (χ4v) is 3.62. The van der Waals surface area contributed by atoms with Crippen LogP contribution in [0, 0.1) is 5.92 Å². The molecule has 1 heterocycles. The third-order valence-corrected chi connectivity index (χ3v) is 5.53. The Balaban J connectivity index is 1.68. The number of ether oxygens (including phenoxy) is 1. The van der Waals surface area contributed by atoms with Gasteiger partial charge in [-0.1, -0.05) is 25.4 Å². The van der Waals surface area contributed by atoms with E-state index in [9.17, 15) is 22.8 Å². The smallest absolute Gasteiger partial charge is 0.437 e. The molecule has 1 unspecified atom stereocenters. The first-order valence-electron chi connectivity index (χ1n) is 10.8. The summed E-state index contributed by atoms with van der Waals surface area (Å²) in [6.07, 6.45) is -3.14. The Kier molecular flexibility index (Phi) is 7.48. The van der Waals surface area contributed by atoms with Crippen LogP contribution < -0.4 is 9.64 Å². The molecule has 182 valence electrons. The first-order valence-corrected chi connectivity index (χ1v) is 10.8. The van der Waals surface area contributed by atoms with Gasteiger partial charge in [0.1, 0.15) is 5.75 Å². The number of anilines is 1. The molecule has 0 bridgehead atoms. The molecule has 1 aromatic heterocycles. The molecule has 2 aromatic carbocycles. The molecule has 0 aliphatic heterocycles. The maximum absolute atomic E-state index is 13.2. The average molecular weight is 478 g/mol. The molecule has 0 aliphatic rings. The third-order valence-electron chi connectivity index (χ3n) is 5.53. The van der Waals surface area contributed by atoms with E-state index < -0.39 is 23.8 Å². The number of aryl methyl sites for hydroxylation is 1. The number of carbonyl (C=O) groups excluding carboxylic acids is 1. The number of carbonyl (C=O) groups is 2. The highest BCUT2D eigenvalue weighted by molar-refractivity contribution is 5.95. The van der Waals surface area contributed by atoms with E-state index in [0.29, 0.717) is 36.3 Å². The highest BCUT2D eigenvalue weighted by Gasteiger charge is 2.37. The molecular weight excluding hydrogens is 453 g/mol. The summed E-state index contributed by atoms with van der Waals surface area (Å²) in [6, 6.07) is 8.73. The fourth-order valence-electron chi connectivity index (χ4n) is 3.62. The van der Waals surface area contributed by atoms with Crippen LogP contribution in [0.1, 0.15) is 48.3 Å². The summed E-state index contributed by atoms with van der Waals surface area (Å²) in [7, 11) is 1.60. The predicted octanol–water partition coefficient (Wildman–Crippen LogP) is 5.57. The molecule has 3 aromatic rings. The van der Waals surface area contributed by atoms with E-state index in [2.05, 4.69) is 5.16 Å². The van der Waals surface area contributed by atoms with Gasteiger partial charge in [-0.3, -0.25) is 4.79 Å². The van der Waals surface area contributed by atoms with Crippen molar-refractivity contribution in [3.63, 3.8) is 0 Å². The third kappa shape index (κ3) is 5.32. The second-order valence-corrected chi connectivity index (χ2v) is 7.99. The first-order chi connectivity index (χ1) is 16.0. The van der Waals surface area contributed by atoms with Gasteiger partial charge in [0.2, 0.25) is 5.91 Å². The number of carboxylic acids is 1. The molecule has 0 spiro atoms. The van der Waals surface area contributed by atoms with E-state index in [0.717, 1.165) is 0 Å². The van der Waals surface area contributed by atoms with E-state index in [1.807, 2.05) is 6.92 Å². The molecule has 0 radical (unpaired) electrons. The molecule has 0 saturated carbocycles. The van der Waals surface area contributed by atoms with Gasteiger partial charge in [0.15, 0.2) is 11.3 Å². The SMILES string of the molecule is CCCc1c(OCCC(C)C(=O)N(C)c2ccc(C(=O)O)cc2)ccc2c(C(F)(F)F)noc12. The van der Waals surface area contributed by atoms with Gasteiger partial charge in [0.05, 0.1) is 17.6 Å². The summed E-state index contributed by atoms with van der Waals surface area (Å²) in [5.74, 6) is -1.24. The molecular formula is C24H25F3N2O5. The monoisotopic (exact) mass is 478 g/mol. The zero-order chi connectivity index (χ0) is 25.0. The Hall–Kier alpha value is -3.56. The van der Waals surface area contributed by atoms with Gasteiger partial charge < -0.3 is 19.3 Å². The van der Waals surface area contributed by atoms with Crippen molar-refractivity contribution in [1.29, 1.82) is 0 Å². The second kappa shape index (κ2) is 10.1. The van der Waals surface area contributed by atoms with E-state index in [1.54, 1.807) is 26.1 Å². The predicted molar refractivity (Wildman–Crippen MR) is 119 cm³/mol. The maximum atomic E-state index is 13.2. The van der Waals surface area contributed by atoms with Crippen LogP contribution in [-0.2, 0) is 17.4 Å². The van der Waals surface area contributed by atoms with Crippen LogP contribution in [0.5, 0.6) is 5.75 Å². The van der Waals surface area contributed by atoms with Crippen molar-refractivity contribution in [2.24, 2.45) is 5.92 Å². The molecule has 34 heavy (non-hydrogen) atoms. The van der Waals surface area contributed by atoms with Gasteiger partial charge in [0, 0.05) is 24.2 Å². The molecule has 10 heteroatoms. The Morgan fingerprint density at radius 3 is 2.44 bits per heavy atom. The normalized spacial score (nSPS) is 12.5. The summed E-state index contributed by atoms with van der Waals surface area (Å²) in [5, 5.41) is 12.1. The molecule has 3 rings (SSSR count). The first kappa shape index (κ1) is 25.1. The number of hydrogen-bond acceptors (Lipinski definition) is 5. The summed E-state index contributed by atoms with van der Waals surface area (Å²) >= 11 is 0. The second-order valence-electron chi connectivity index (χ2n) is 7.99. The highest BCUT2D eigenvalue weighted by atomic mass is 19.4. The van der Waals surface area contributed by atoms with E-state index in [4.69, 9.17) is 14.4 Å². The standard InChI is InChI=1S/C24H25F3N2O5/c1-4-5-17-19(11-10-18-20(17)34-28-21(18)24(25,26)27)33-13-12-14(2)22(30)29(3)16-8-6-15(7-9-16)23(31)32/h6-11,14H,4-5,12-13H2,1-3H3,(H,31,32). The lowest BCUT2D eigenvalue weighted by Gasteiger charge is -2.22. The number of amides is 1. The summed E-state index contributed by atoms with van der Waals surface area (Å²) in [5.41, 5.74) is 0.187. The number of halogens is 3. The number of nitrogens with zero attached hydrogens (tertiary/aromatic N) is 2. The zero-order valence-corrected chi connectivity index (χ0v) is 19.0. The van der Waals surface area contributed by atoms with Gasteiger partial charge in [-0.2, -0.15) is 13.2 Å². The highest BCUT2D eigenvalue weighted by Crippen LogP contribution is 2.38. The van der Waals surface area contributed by atoms with Crippen molar-refractivity contribution in [3.05, 3.63) is 53.2 Å². The minimum atomic E-state index is -4.62. The van der Waals surface area contributed by atoms with E-state index in [-0.39, 0.29) is 29.0 Å². The van der Waals surface area contributed by atoms with Gasteiger partial charge in [-0.15, -0.1) is 0 Å². The Morgan fingerprint density at radius 2 is 1.85 bits per heavy atom. The number of hydrogen-bond donors (Lipinski definition) is 1. The van der Waals surface area contributed by atoms with Gasteiger partial charge in [-0.25, -0.2) is 4.79 Å². The van der Waals surface area contributed by atoms with Crippen molar-refractivity contribution < 1.29 is 37.1 Å². The lowest BCUT2D eigenvalue weighted by Crippen LogP contribution is -2.32. The summed E-state index contributed by atoms with van der Waals surface area (Å²) in [6.45, 7) is 3.81. The number of rotatable bonds is 9. The van der Waals surface area contributed by atoms with Gasteiger partial charge in [0.25, 0.3) is 0 Å². The number of alkyl halides is 3. The van der Waals surface area contributed by atoms with Crippen molar-refractivity contribution in [2.75, 3.05) is 18.6 Å². The summed E-state index contributed by atoms with van der Waals surface area (Å²) in [4.78, 5) is 25.2. The Morgan fingerprint density at radius 1 is 1.18 bits per heavy atom. The van der Waals surface area contributed by atoms with Crippen molar-refractivity contribution in [2.45, 2.75) is 39.3 Å². The molecule has 1 amide bonds. The number of aromatic nitrogens is 1. The number of carboxylic acid groups (broad SMARTS) is 1. The lowest BCUT2D eigenvalue weighted by molar-refractivity contribution is -0.141. The fraction of sp³-hybridized carbons (Fsp3) is 0.375. The molecule has 0 aliphatic carbocycles. The number of aromatic carboxylic acids is 1. The largest absolute Gasteiger partial charge is 0.493 e. The quantitative estimate of drug-likeness (QED) is 0.433. The Bertz CT molecular complexity index is 1170. The molecule has 0 saturated heterocycles. The molecule has 7 nitrogen and oxygen atoms in total. The van der Waals surface area contributed by atoms with Crippen LogP contribution in [0.15, 0.2) is 40.9 Å². The molecule has 1 atom stereocenters. The van der Waals surface area contributed by atoms with Gasteiger partial charge >= 0.3 is 12.1 Å². The van der Waals surface area contributed by atoms with Crippen molar-refractivity contribution >= 4 is 28.5 Å². The van der Waals surface area contributed by atoms with E-state index in [1.165, 1.54) is 29.2 Å². The summed E-state index contributed by atoms with van der Waals surface area (Å²) < 4.78 is 50.3. The van der Waals surface area contributed by atoms with Crippen LogP contribution in [0.3, 0.4) is 0 Å². The minimum Gasteiger partial charge on any atom is -0.493 e. The number of benzene rings is 2. The average Bonchev–Trinajstić information content (AvgIpc) is 3.24. The molecule has 1 N–H and O–H groups in total. The van der Waals surface area contributed by atoms with E-state index >= 15 is 0 Å². The van der Waals surface area contributed by atoms with Crippen molar-refractivity contribution in [3.8, 4) is 5.75 Å². The maximum Gasteiger partial charge on any atom is 0.437 e. The van der Waals surface area contributed by atoms with Gasteiger partial charge in [-0.05, 0) is 49.2 Å². The number of fused-ring (bicyclic) bond motifs is 1. The van der Waals surface area contributed by atoms with Crippen LogP contribution in [0.4, 0.5) is 18.9 Å². The van der Waals surface area contributed by atoms with Crippen LogP contribution in [-0.4, -0.2) is 35.8 Å². The lowest BCUT2D eigenvalue weighted by atomic mass is 10.0. The van der Waals surface area contributed by atoms with Crippen molar-refractivity contribution in [1.82, 2.24) is 5.16 Å². The van der Waals surface area contributed by atoms with Crippen LogP contribution >= 0.6 is 0 Å². The molecule has 0 fully saturated rings. The van der Waals surface area contributed by atoms with Crippen LogP contribution in [0.2, 0.25) is 0 Å². The minimum absolute atomic E-state index is 0.0559. The zero-order valence-electron chi connectivity index (χ0n) is 19.0. The van der Waals surface area contributed by atoms with Crippen LogP contribution in [0.25, 0.3) is 11.0 Å². The Labute approximate surface area is 194 Å². The topological polar surface area (TPSA) is 92.9 Å².